The number of para-hydroxylation sites is 1. The highest BCUT2D eigenvalue weighted by Crippen LogP contribution is 2.35. The third-order valence-corrected chi connectivity index (χ3v) is 3.08. The van der Waals surface area contributed by atoms with Gasteiger partial charge >= 0.3 is 5.97 Å². The molecule has 2 aliphatic rings. The summed E-state index contributed by atoms with van der Waals surface area (Å²) < 4.78 is 138. The van der Waals surface area contributed by atoms with Gasteiger partial charge in [0.2, 0.25) is 0 Å². The highest BCUT2D eigenvalue weighted by molar-refractivity contribution is 6.04. The van der Waals surface area contributed by atoms with E-state index in [0.717, 1.165) is 7.05 Å². The van der Waals surface area contributed by atoms with Crippen LogP contribution < -0.4 is 0 Å². The number of nitrogens with zero attached hydrogens (tertiary/aromatic N) is 1. The van der Waals surface area contributed by atoms with Gasteiger partial charge in [-0.1, -0.05) is 18.1 Å². The van der Waals surface area contributed by atoms with Crippen LogP contribution in [0.5, 0.6) is 0 Å². The fourth-order valence-electron chi connectivity index (χ4n) is 2.00. The van der Waals surface area contributed by atoms with E-state index in [1.165, 1.54) is 0 Å². The fraction of sp³-hybridized carbons (Fsp3) is 0.471. The summed E-state index contributed by atoms with van der Waals surface area (Å²) in [5.41, 5.74) is -1.33. The van der Waals surface area contributed by atoms with Gasteiger partial charge in [-0.15, -0.1) is 0 Å². The Balaban J connectivity index is 1.99. The van der Waals surface area contributed by atoms with Gasteiger partial charge in [0.1, 0.15) is 6.08 Å². The molecule has 21 heavy (non-hydrogen) atoms. The highest BCUT2D eigenvalue weighted by atomic mass is 16.5. The monoisotopic (exact) mass is 300 g/mol. The van der Waals surface area contributed by atoms with Crippen LogP contribution in [0.1, 0.15) is 57.8 Å². The van der Waals surface area contributed by atoms with Crippen molar-refractivity contribution in [1.29, 1.82) is 0 Å². The number of esters is 1. The lowest BCUT2D eigenvalue weighted by molar-refractivity contribution is -0.000258. The van der Waals surface area contributed by atoms with E-state index in [4.69, 9.17) is 26.7 Å². The van der Waals surface area contributed by atoms with E-state index in [2.05, 4.69) is 4.98 Å². The number of aromatic amines is 1. The van der Waals surface area contributed by atoms with Crippen LogP contribution in [0, 0.1) is 0 Å². The number of hydrogen-bond acceptors (Lipinski definition) is 3. The number of hydrogen-bond donors (Lipinski definition) is 1. The summed E-state index contributed by atoms with van der Waals surface area (Å²) in [5, 5.41) is -0.576. The SMILES string of the molecule is [2H]c1[nH]c2c([2H])c([2H])c([2H])c([2H])c2c1C(=O)OC1([2H])C([2H])([2H])[C@]2([2H])N(C)[C@]([2H])(C1([2H])[2H])C([2H])([2H])C2([2H])[2H]. The van der Waals surface area contributed by atoms with Crippen molar-refractivity contribution in [3.05, 3.63) is 35.9 Å². The Morgan fingerprint density at radius 2 is 2.14 bits per heavy atom. The quantitative estimate of drug-likeness (QED) is 0.867. The van der Waals surface area contributed by atoms with Crippen LogP contribution in [0.15, 0.2) is 30.3 Å². The van der Waals surface area contributed by atoms with E-state index < -0.39 is 96.4 Å². The van der Waals surface area contributed by atoms with Crippen LogP contribution in [0.3, 0.4) is 0 Å². The zero-order valence-electron chi connectivity index (χ0n) is 26.8. The number of piperidine rings is 1. The normalized spacial score (nSPS) is 60.0. The summed E-state index contributed by atoms with van der Waals surface area (Å²) in [7, 11) is 0.762. The molecule has 1 aromatic heterocycles. The number of carbonyl (C=O) groups is 1. The summed E-state index contributed by atoms with van der Waals surface area (Å²) in [4.78, 5) is 15.8. The van der Waals surface area contributed by atoms with Crippen LogP contribution >= 0.6 is 0 Å². The van der Waals surface area contributed by atoms with Gasteiger partial charge in [-0.3, -0.25) is 0 Å². The molecule has 3 atom stereocenters. The standard InChI is InChI=1S/C17H20N2O2/c1-19-11-6-7-12(19)9-13(8-11)21-17(20)15-10-18-16-5-3-2-4-14(15)16/h2-5,10-13,18H,6-9H2,1H3/t11-,12+,13?/i2D,3D,4D,5D,6D2,7D2,8D2,9D2,10D,11D,12D,13D. The Labute approximate surface area is 146 Å². The number of benzene rings is 1. The number of carbonyl (C=O) groups excluding carboxylic acids is 1. The minimum atomic E-state index is -3.95. The van der Waals surface area contributed by atoms with Gasteiger partial charge in [0, 0.05) is 55.6 Å². The van der Waals surface area contributed by atoms with Crippen molar-refractivity contribution in [1.82, 2.24) is 9.88 Å². The Morgan fingerprint density at radius 3 is 2.90 bits per heavy atom. The molecule has 0 aliphatic carbocycles. The molecule has 1 N–H and O–H groups in total. The van der Waals surface area contributed by atoms with Gasteiger partial charge in [0.15, 0.2) is 0 Å². The maximum atomic E-state index is 13.3. The van der Waals surface area contributed by atoms with Gasteiger partial charge in [0.25, 0.3) is 0 Å². The Kier molecular flexibility index (Phi) is 1.01. The van der Waals surface area contributed by atoms with E-state index >= 15 is 0 Å². The molecule has 4 nitrogen and oxygen atoms in total. The first-order valence-corrected chi connectivity index (χ1v) is 6.01. The highest BCUT2D eigenvalue weighted by Gasteiger charge is 2.40. The summed E-state index contributed by atoms with van der Waals surface area (Å²) >= 11 is 0. The summed E-state index contributed by atoms with van der Waals surface area (Å²) in [6, 6.07) is -9.90. The molecular formula is C17H20N2O2. The third-order valence-electron chi connectivity index (χ3n) is 3.08. The van der Waals surface area contributed by atoms with Crippen LogP contribution in [0.2, 0.25) is 0 Å². The molecule has 1 unspecified atom stereocenters. The van der Waals surface area contributed by atoms with Crippen molar-refractivity contribution in [3.8, 4) is 0 Å². The zero-order valence-corrected chi connectivity index (χ0v) is 10.8. The Bertz CT molecular complexity index is 1330. The average molecular weight is 300 g/mol. The second kappa shape index (κ2) is 4.88. The lowest BCUT2D eigenvalue weighted by Crippen LogP contribution is -2.43. The zero-order chi connectivity index (χ0) is 28.7. The molecule has 2 aromatic rings. The van der Waals surface area contributed by atoms with Crippen molar-refractivity contribution >= 4 is 16.9 Å². The Hall–Kier alpha value is -1.81. The summed E-state index contributed by atoms with van der Waals surface area (Å²) in [6.07, 6.45) is -19.7. The molecule has 4 rings (SSSR count). The lowest BCUT2D eigenvalue weighted by atomic mass is 10.0. The van der Waals surface area contributed by atoms with Gasteiger partial charge < -0.3 is 14.6 Å². The molecule has 3 heterocycles. The molecule has 0 spiro atoms. The van der Waals surface area contributed by atoms with Crippen LogP contribution in [0.4, 0.5) is 0 Å². The van der Waals surface area contributed by atoms with Crippen molar-refractivity contribution < 1.29 is 31.5 Å². The largest absolute Gasteiger partial charge is 0.459 e. The summed E-state index contributed by atoms with van der Waals surface area (Å²) in [6.45, 7) is 0. The predicted octanol–water partition coefficient (Wildman–Crippen LogP) is 2.95. The molecule has 4 heteroatoms. The molecule has 2 aliphatic heterocycles. The molecule has 0 radical (unpaired) electrons. The summed E-state index contributed by atoms with van der Waals surface area (Å²) in [5.74, 6) is -1.83. The maximum absolute atomic E-state index is 13.3. The van der Waals surface area contributed by atoms with E-state index in [9.17, 15) is 4.79 Å². The van der Waals surface area contributed by atoms with Crippen molar-refractivity contribution in [2.45, 2.75) is 43.6 Å². The van der Waals surface area contributed by atoms with Crippen molar-refractivity contribution in [3.63, 3.8) is 0 Å². The molecule has 1 aromatic carbocycles. The van der Waals surface area contributed by atoms with Crippen molar-refractivity contribution in [2.75, 3.05) is 7.05 Å². The van der Waals surface area contributed by atoms with Crippen LogP contribution in [0.25, 0.3) is 10.9 Å². The van der Waals surface area contributed by atoms with E-state index in [1.807, 2.05) is 0 Å². The first-order valence-electron chi connectivity index (χ1n) is 14.0. The van der Waals surface area contributed by atoms with Gasteiger partial charge in [-0.25, -0.2) is 4.79 Å². The van der Waals surface area contributed by atoms with Crippen LogP contribution in [-0.2, 0) is 4.74 Å². The second-order valence-corrected chi connectivity index (χ2v) is 4.35. The Morgan fingerprint density at radius 1 is 1.43 bits per heavy atom. The minimum absolute atomic E-state index is 0.207. The molecule has 2 fully saturated rings. The fourth-order valence-corrected chi connectivity index (χ4v) is 2.00. The van der Waals surface area contributed by atoms with Gasteiger partial charge in [-0.2, -0.15) is 0 Å². The smallest absolute Gasteiger partial charge is 0.340 e. The predicted molar refractivity (Wildman–Crippen MR) is 81.3 cm³/mol. The first-order chi connectivity index (χ1) is 16.4. The van der Waals surface area contributed by atoms with Crippen LogP contribution in [-0.4, -0.2) is 41.0 Å². The number of H-pyrrole nitrogens is 1. The minimum Gasteiger partial charge on any atom is -0.459 e. The number of ether oxygens (including phenoxy) is 1. The van der Waals surface area contributed by atoms with Gasteiger partial charge in [-0.05, 0) is 25.8 Å². The molecule has 2 saturated heterocycles. The van der Waals surface area contributed by atoms with E-state index in [0.29, 0.717) is 0 Å². The van der Waals surface area contributed by atoms with E-state index in [1.54, 1.807) is 0 Å². The number of rotatable bonds is 2. The maximum Gasteiger partial charge on any atom is 0.340 e. The molecule has 0 saturated carbocycles. The third kappa shape index (κ3) is 2.14. The number of fused-ring (bicyclic) bond motifs is 3. The molecule has 110 valence electrons. The molecular weight excluding hydrogens is 264 g/mol. The van der Waals surface area contributed by atoms with Crippen molar-refractivity contribution in [2.24, 2.45) is 0 Å². The van der Waals surface area contributed by atoms with Gasteiger partial charge in [0.05, 0.1) is 13.8 Å². The molecule has 2 bridgehead atoms. The average Bonchev–Trinajstić information content (AvgIpc) is 3.17. The molecule has 0 amide bonds. The number of aromatic nitrogens is 1. The first kappa shape index (κ1) is 4.35. The topological polar surface area (TPSA) is 45.3 Å². The number of nitrogens with one attached hydrogen (secondary N) is 1. The second-order valence-electron chi connectivity index (χ2n) is 4.35. The van der Waals surface area contributed by atoms with E-state index in [-0.39, 0.29) is 4.90 Å². The lowest BCUT2D eigenvalue weighted by Gasteiger charge is -2.35.